The average molecular weight is 300 g/mol. The number of para-hydroxylation sites is 1. The molecule has 106 valence electrons. The van der Waals surface area contributed by atoms with Crippen molar-refractivity contribution in [2.45, 2.75) is 13.5 Å². The Morgan fingerprint density at radius 3 is 2.95 bits per heavy atom. The summed E-state index contributed by atoms with van der Waals surface area (Å²) in [5, 5.41) is 6.20. The van der Waals surface area contributed by atoms with Gasteiger partial charge in [-0.15, -0.1) is 11.3 Å². The van der Waals surface area contributed by atoms with E-state index >= 15 is 0 Å². The number of carbonyl (C=O) groups excluding carboxylic acids is 1. The standard InChI is InChI=1S/C15H12N2O3S/c1-9-17-11(8-21-9)7-16-14(18)12-6-10-4-2-3-5-13(10)20-15(12)19/h2-6,8H,7H2,1H3,(H,16,18). The number of nitrogens with zero attached hydrogens (tertiary/aromatic N) is 1. The zero-order valence-electron chi connectivity index (χ0n) is 11.3. The van der Waals surface area contributed by atoms with Crippen LogP contribution in [-0.4, -0.2) is 10.9 Å². The Morgan fingerprint density at radius 1 is 1.38 bits per heavy atom. The number of hydrogen-bond donors (Lipinski definition) is 1. The molecule has 0 spiro atoms. The predicted molar refractivity (Wildman–Crippen MR) is 80.5 cm³/mol. The molecule has 0 aliphatic heterocycles. The molecular formula is C15H12N2O3S. The Kier molecular flexibility index (Phi) is 3.53. The highest BCUT2D eigenvalue weighted by Crippen LogP contribution is 2.13. The van der Waals surface area contributed by atoms with Crippen LogP contribution in [0, 0.1) is 6.92 Å². The van der Waals surface area contributed by atoms with Gasteiger partial charge in [0.1, 0.15) is 11.1 Å². The second-order valence-electron chi connectivity index (χ2n) is 4.53. The summed E-state index contributed by atoms with van der Waals surface area (Å²) in [5.74, 6) is -0.458. The maximum atomic E-state index is 12.1. The van der Waals surface area contributed by atoms with Gasteiger partial charge in [0.05, 0.1) is 17.2 Å². The minimum atomic E-state index is -0.638. The second kappa shape index (κ2) is 5.49. The van der Waals surface area contributed by atoms with Gasteiger partial charge < -0.3 is 9.73 Å². The molecule has 0 bridgehead atoms. The minimum Gasteiger partial charge on any atom is -0.422 e. The highest BCUT2D eigenvalue weighted by molar-refractivity contribution is 7.09. The lowest BCUT2D eigenvalue weighted by molar-refractivity contribution is 0.0947. The van der Waals surface area contributed by atoms with E-state index < -0.39 is 11.5 Å². The van der Waals surface area contributed by atoms with Crippen molar-refractivity contribution in [1.29, 1.82) is 0 Å². The molecule has 2 heterocycles. The van der Waals surface area contributed by atoms with Crippen molar-refractivity contribution < 1.29 is 9.21 Å². The van der Waals surface area contributed by atoms with Crippen LogP contribution in [0.15, 0.2) is 44.9 Å². The van der Waals surface area contributed by atoms with Crippen LogP contribution >= 0.6 is 11.3 Å². The van der Waals surface area contributed by atoms with Crippen LogP contribution in [-0.2, 0) is 6.54 Å². The molecule has 0 radical (unpaired) electrons. The fraction of sp³-hybridized carbons (Fsp3) is 0.133. The smallest absolute Gasteiger partial charge is 0.349 e. The summed E-state index contributed by atoms with van der Waals surface area (Å²) in [5.41, 5.74) is 0.603. The van der Waals surface area contributed by atoms with E-state index in [0.29, 0.717) is 11.0 Å². The molecule has 3 aromatic rings. The molecule has 6 heteroatoms. The number of thiazole rings is 1. The third-order valence-electron chi connectivity index (χ3n) is 2.98. The highest BCUT2D eigenvalue weighted by Gasteiger charge is 2.13. The lowest BCUT2D eigenvalue weighted by atomic mass is 10.2. The lowest BCUT2D eigenvalue weighted by Crippen LogP contribution is -2.27. The van der Waals surface area contributed by atoms with E-state index in [1.165, 1.54) is 11.3 Å². The van der Waals surface area contributed by atoms with E-state index in [4.69, 9.17) is 4.42 Å². The first-order valence-electron chi connectivity index (χ1n) is 6.35. The number of benzene rings is 1. The first-order chi connectivity index (χ1) is 10.1. The fourth-order valence-electron chi connectivity index (χ4n) is 1.98. The van der Waals surface area contributed by atoms with Crippen LogP contribution in [0.2, 0.25) is 0 Å². The molecule has 5 nitrogen and oxygen atoms in total. The quantitative estimate of drug-likeness (QED) is 0.754. The molecule has 0 saturated heterocycles. The van der Waals surface area contributed by atoms with Crippen molar-refractivity contribution in [2.24, 2.45) is 0 Å². The summed E-state index contributed by atoms with van der Waals surface area (Å²) in [7, 11) is 0. The normalized spacial score (nSPS) is 10.7. The molecule has 0 unspecified atom stereocenters. The minimum absolute atomic E-state index is 0.000603. The maximum absolute atomic E-state index is 12.1. The number of aryl methyl sites for hydroxylation is 1. The Morgan fingerprint density at radius 2 is 2.19 bits per heavy atom. The fourth-order valence-corrected chi connectivity index (χ4v) is 2.59. The van der Waals surface area contributed by atoms with Crippen LogP contribution in [0.4, 0.5) is 0 Å². The highest BCUT2D eigenvalue weighted by atomic mass is 32.1. The largest absolute Gasteiger partial charge is 0.422 e. The van der Waals surface area contributed by atoms with Crippen LogP contribution in [0.5, 0.6) is 0 Å². The Bertz CT molecular complexity index is 866. The van der Waals surface area contributed by atoms with E-state index in [2.05, 4.69) is 10.3 Å². The number of amides is 1. The van der Waals surface area contributed by atoms with E-state index in [9.17, 15) is 9.59 Å². The number of hydrogen-bond acceptors (Lipinski definition) is 5. The SMILES string of the molecule is Cc1nc(CNC(=O)c2cc3ccccc3oc2=O)cs1. The molecule has 2 aromatic heterocycles. The third-order valence-corrected chi connectivity index (χ3v) is 3.81. The van der Waals surface area contributed by atoms with Crippen LogP contribution in [0.1, 0.15) is 21.1 Å². The predicted octanol–water partition coefficient (Wildman–Crippen LogP) is 2.49. The van der Waals surface area contributed by atoms with Crippen molar-refractivity contribution in [2.75, 3.05) is 0 Å². The topological polar surface area (TPSA) is 72.2 Å². The van der Waals surface area contributed by atoms with Crippen molar-refractivity contribution in [3.8, 4) is 0 Å². The monoisotopic (exact) mass is 300 g/mol. The van der Waals surface area contributed by atoms with Crippen molar-refractivity contribution in [1.82, 2.24) is 10.3 Å². The lowest BCUT2D eigenvalue weighted by Gasteiger charge is -2.03. The zero-order chi connectivity index (χ0) is 14.8. The summed E-state index contributed by atoms with van der Waals surface area (Å²) < 4.78 is 5.14. The number of rotatable bonds is 3. The molecule has 1 N–H and O–H groups in total. The maximum Gasteiger partial charge on any atom is 0.349 e. The molecule has 21 heavy (non-hydrogen) atoms. The molecule has 1 aromatic carbocycles. The zero-order valence-corrected chi connectivity index (χ0v) is 12.1. The van der Waals surface area contributed by atoms with Gasteiger partial charge in [-0.2, -0.15) is 0 Å². The van der Waals surface area contributed by atoms with E-state index in [1.54, 1.807) is 24.3 Å². The van der Waals surface area contributed by atoms with E-state index in [0.717, 1.165) is 10.7 Å². The Balaban J connectivity index is 1.84. The molecular weight excluding hydrogens is 288 g/mol. The first kappa shape index (κ1) is 13.5. The van der Waals surface area contributed by atoms with Crippen molar-refractivity contribution in [3.63, 3.8) is 0 Å². The molecule has 0 aliphatic carbocycles. The summed E-state index contributed by atoms with van der Waals surface area (Å²) in [6, 6.07) is 8.62. The number of fused-ring (bicyclic) bond motifs is 1. The van der Waals surface area contributed by atoms with Gasteiger partial charge in [-0.3, -0.25) is 4.79 Å². The summed E-state index contributed by atoms with van der Waals surface area (Å²) in [4.78, 5) is 28.2. The molecule has 1 amide bonds. The second-order valence-corrected chi connectivity index (χ2v) is 5.59. The van der Waals surface area contributed by atoms with Crippen molar-refractivity contribution >= 4 is 28.2 Å². The molecule has 0 saturated carbocycles. The first-order valence-corrected chi connectivity index (χ1v) is 7.23. The van der Waals surface area contributed by atoms with Gasteiger partial charge in [0.2, 0.25) is 0 Å². The van der Waals surface area contributed by atoms with Crippen LogP contribution < -0.4 is 10.9 Å². The van der Waals surface area contributed by atoms with Gasteiger partial charge in [-0.05, 0) is 19.1 Å². The van der Waals surface area contributed by atoms with Crippen molar-refractivity contribution in [3.05, 3.63) is 62.4 Å². The van der Waals surface area contributed by atoms with Gasteiger partial charge in [0, 0.05) is 10.8 Å². The third kappa shape index (κ3) is 2.85. The van der Waals surface area contributed by atoms with E-state index in [1.807, 2.05) is 18.4 Å². The number of nitrogens with one attached hydrogen (secondary N) is 1. The molecule has 3 rings (SSSR count). The summed E-state index contributed by atoms with van der Waals surface area (Å²) in [6.07, 6.45) is 0. The van der Waals surface area contributed by atoms with Crippen LogP contribution in [0.3, 0.4) is 0 Å². The average Bonchev–Trinajstić information content (AvgIpc) is 2.89. The van der Waals surface area contributed by atoms with Gasteiger partial charge in [0.15, 0.2) is 0 Å². The summed E-state index contributed by atoms with van der Waals surface area (Å²) in [6.45, 7) is 2.18. The summed E-state index contributed by atoms with van der Waals surface area (Å²) >= 11 is 1.51. The van der Waals surface area contributed by atoms with Crippen LogP contribution in [0.25, 0.3) is 11.0 Å². The van der Waals surface area contributed by atoms with Gasteiger partial charge in [-0.1, -0.05) is 18.2 Å². The van der Waals surface area contributed by atoms with Gasteiger partial charge in [-0.25, -0.2) is 9.78 Å². The van der Waals surface area contributed by atoms with Gasteiger partial charge >= 0.3 is 5.63 Å². The Labute approximate surface area is 124 Å². The number of carbonyl (C=O) groups is 1. The molecule has 0 atom stereocenters. The van der Waals surface area contributed by atoms with E-state index in [-0.39, 0.29) is 12.1 Å². The number of aromatic nitrogens is 1. The Hall–Kier alpha value is -2.47. The molecule has 0 fully saturated rings. The molecule has 0 aliphatic rings. The van der Waals surface area contributed by atoms with Gasteiger partial charge in [0.25, 0.3) is 5.91 Å².